The van der Waals surface area contributed by atoms with Crippen molar-refractivity contribution < 1.29 is 18.7 Å². The molecule has 1 atom stereocenters. The summed E-state index contributed by atoms with van der Waals surface area (Å²) < 4.78 is 16.2. The van der Waals surface area contributed by atoms with E-state index in [1.54, 1.807) is 30.6 Å². The van der Waals surface area contributed by atoms with Crippen molar-refractivity contribution in [3.63, 3.8) is 0 Å². The van der Waals surface area contributed by atoms with E-state index in [-0.39, 0.29) is 11.9 Å². The zero-order chi connectivity index (χ0) is 20.9. The number of carbonyl (C=O) groups is 1. The lowest BCUT2D eigenvalue weighted by atomic mass is 9.97. The van der Waals surface area contributed by atoms with E-state index in [0.29, 0.717) is 19.0 Å². The van der Waals surface area contributed by atoms with E-state index in [4.69, 9.17) is 13.9 Å². The number of morpholine rings is 1. The average molecular weight is 427 g/mol. The first-order chi connectivity index (χ1) is 14.7. The summed E-state index contributed by atoms with van der Waals surface area (Å²) in [6.45, 7) is 5.20. The number of ether oxygens (including phenoxy) is 2. The number of furan rings is 1. The van der Waals surface area contributed by atoms with Gasteiger partial charge in [0.05, 0.1) is 32.6 Å². The van der Waals surface area contributed by atoms with Crippen molar-refractivity contribution in [3.05, 3.63) is 70.5 Å². The lowest BCUT2D eigenvalue weighted by molar-refractivity contribution is 0.0241. The van der Waals surface area contributed by atoms with E-state index in [9.17, 15) is 4.79 Å². The Kier molecular flexibility index (Phi) is 6.52. The summed E-state index contributed by atoms with van der Waals surface area (Å²) in [7, 11) is 1.67. The van der Waals surface area contributed by atoms with Crippen molar-refractivity contribution >= 4 is 22.2 Å². The number of methoxy groups -OCH3 is 1. The minimum Gasteiger partial charge on any atom is -0.497 e. The molecule has 0 bridgehead atoms. The van der Waals surface area contributed by atoms with E-state index in [0.717, 1.165) is 41.4 Å². The third-order valence-electron chi connectivity index (χ3n) is 5.27. The van der Waals surface area contributed by atoms with Gasteiger partial charge >= 0.3 is 0 Å². The van der Waals surface area contributed by atoms with E-state index in [1.807, 2.05) is 12.1 Å². The number of hydrogen-bond donors (Lipinski definition) is 1. The Morgan fingerprint density at radius 2 is 2.00 bits per heavy atom. The second kappa shape index (κ2) is 9.47. The SMILES string of the molecule is CCc1cc([C@@H](c2ccc(OC)cc2)N2CCOCC2)c(NC(=O)c2ccco2)s1. The maximum atomic E-state index is 12.7. The van der Waals surface area contributed by atoms with Gasteiger partial charge in [-0.15, -0.1) is 11.3 Å². The molecule has 1 aliphatic heterocycles. The number of nitrogens with one attached hydrogen (secondary N) is 1. The fourth-order valence-corrected chi connectivity index (χ4v) is 4.74. The maximum Gasteiger partial charge on any atom is 0.291 e. The molecule has 2 aromatic heterocycles. The third-order valence-corrected chi connectivity index (χ3v) is 6.48. The highest BCUT2D eigenvalue weighted by atomic mass is 32.1. The summed E-state index contributed by atoms with van der Waals surface area (Å²) in [6.07, 6.45) is 2.42. The standard InChI is InChI=1S/C23H26N2O4S/c1-3-18-15-19(23(30-18)24-22(26)20-5-4-12-29-20)21(25-10-13-28-14-11-25)16-6-8-17(27-2)9-7-16/h4-9,12,15,21H,3,10-11,13-14H2,1-2H3,(H,24,26)/t21-/m1/s1. The molecule has 1 aliphatic rings. The summed E-state index contributed by atoms with van der Waals surface area (Å²) >= 11 is 1.62. The van der Waals surface area contributed by atoms with Crippen LogP contribution in [-0.4, -0.2) is 44.2 Å². The Hall–Kier alpha value is -2.61. The number of amides is 1. The van der Waals surface area contributed by atoms with Crippen LogP contribution in [0.1, 0.15) is 39.5 Å². The molecule has 1 N–H and O–H groups in total. The predicted octanol–water partition coefficient (Wildman–Crippen LogP) is 4.59. The van der Waals surface area contributed by atoms with Gasteiger partial charge in [0, 0.05) is 23.5 Å². The van der Waals surface area contributed by atoms with Crippen LogP contribution in [0, 0.1) is 0 Å². The van der Waals surface area contributed by atoms with Gasteiger partial charge in [0.25, 0.3) is 5.91 Å². The normalized spacial score (nSPS) is 15.7. The van der Waals surface area contributed by atoms with Crippen LogP contribution in [0.3, 0.4) is 0 Å². The summed E-state index contributed by atoms with van der Waals surface area (Å²) in [4.78, 5) is 16.3. The molecule has 0 spiro atoms. The van der Waals surface area contributed by atoms with Gasteiger partial charge in [0.2, 0.25) is 0 Å². The number of benzene rings is 1. The van der Waals surface area contributed by atoms with Gasteiger partial charge in [-0.3, -0.25) is 9.69 Å². The van der Waals surface area contributed by atoms with E-state index in [2.05, 4.69) is 35.3 Å². The van der Waals surface area contributed by atoms with Crippen LogP contribution >= 0.6 is 11.3 Å². The second-order valence-corrected chi connectivity index (χ2v) is 8.24. The molecule has 7 heteroatoms. The molecular formula is C23H26N2O4S. The molecule has 1 amide bonds. The first-order valence-corrected chi connectivity index (χ1v) is 10.9. The molecule has 1 fully saturated rings. The van der Waals surface area contributed by atoms with Gasteiger partial charge in [0.1, 0.15) is 10.8 Å². The van der Waals surface area contributed by atoms with Crippen LogP contribution in [0.2, 0.25) is 0 Å². The lowest BCUT2D eigenvalue weighted by Gasteiger charge is -2.35. The summed E-state index contributed by atoms with van der Waals surface area (Å²) in [5.41, 5.74) is 2.26. The van der Waals surface area contributed by atoms with Crippen LogP contribution in [0.15, 0.2) is 53.1 Å². The summed E-state index contributed by atoms with van der Waals surface area (Å²) in [6, 6.07) is 13.8. The fraction of sp³-hybridized carbons (Fsp3) is 0.348. The van der Waals surface area contributed by atoms with E-state index in [1.165, 1.54) is 11.1 Å². The Labute approximate surface area is 180 Å². The highest BCUT2D eigenvalue weighted by Gasteiger charge is 2.29. The van der Waals surface area contributed by atoms with E-state index < -0.39 is 0 Å². The molecule has 0 aliphatic carbocycles. The molecule has 0 unspecified atom stereocenters. The molecule has 4 rings (SSSR count). The number of thiophene rings is 1. The monoisotopic (exact) mass is 426 g/mol. The quantitative estimate of drug-likeness (QED) is 0.599. The number of hydrogen-bond acceptors (Lipinski definition) is 6. The second-order valence-electron chi connectivity index (χ2n) is 7.11. The largest absolute Gasteiger partial charge is 0.497 e. The molecule has 3 aromatic rings. The van der Waals surface area contributed by atoms with Gasteiger partial charge in [-0.1, -0.05) is 19.1 Å². The topological polar surface area (TPSA) is 63.9 Å². The lowest BCUT2D eigenvalue weighted by Crippen LogP contribution is -2.39. The first-order valence-electron chi connectivity index (χ1n) is 10.1. The van der Waals surface area contributed by atoms with Gasteiger partial charge < -0.3 is 19.2 Å². The van der Waals surface area contributed by atoms with Crippen molar-refractivity contribution in [2.24, 2.45) is 0 Å². The molecule has 158 valence electrons. The highest BCUT2D eigenvalue weighted by Crippen LogP contribution is 2.40. The number of nitrogens with zero attached hydrogens (tertiary/aromatic N) is 1. The molecule has 1 saturated heterocycles. The van der Waals surface area contributed by atoms with Gasteiger partial charge in [-0.25, -0.2) is 0 Å². The van der Waals surface area contributed by atoms with Crippen LogP contribution in [0.4, 0.5) is 5.00 Å². The highest BCUT2D eigenvalue weighted by molar-refractivity contribution is 7.16. The zero-order valence-corrected chi connectivity index (χ0v) is 18.0. The molecule has 3 heterocycles. The molecule has 0 saturated carbocycles. The summed E-state index contributed by atoms with van der Waals surface area (Å²) in [5.74, 6) is 0.895. The van der Waals surface area contributed by atoms with Crippen molar-refractivity contribution in [3.8, 4) is 5.75 Å². The van der Waals surface area contributed by atoms with Crippen LogP contribution in [-0.2, 0) is 11.2 Å². The minimum absolute atomic E-state index is 0.0169. The molecule has 30 heavy (non-hydrogen) atoms. The molecule has 1 aromatic carbocycles. The van der Waals surface area contributed by atoms with Gasteiger partial charge in [0.15, 0.2) is 5.76 Å². The maximum absolute atomic E-state index is 12.7. The first kappa shape index (κ1) is 20.7. The number of rotatable bonds is 7. The zero-order valence-electron chi connectivity index (χ0n) is 17.2. The smallest absolute Gasteiger partial charge is 0.291 e. The Morgan fingerprint density at radius 3 is 2.63 bits per heavy atom. The van der Waals surface area contributed by atoms with Crippen molar-refractivity contribution in [1.29, 1.82) is 0 Å². The predicted molar refractivity (Wildman–Crippen MR) is 118 cm³/mol. The van der Waals surface area contributed by atoms with Crippen LogP contribution < -0.4 is 10.1 Å². The van der Waals surface area contributed by atoms with Crippen molar-refractivity contribution in [2.45, 2.75) is 19.4 Å². The van der Waals surface area contributed by atoms with Gasteiger partial charge in [-0.05, 0) is 42.3 Å². The number of anilines is 1. The molecule has 6 nitrogen and oxygen atoms in total. The average Bonchev–Trinajstić information content (AvgIpc) is 3.46. The molecular weight excluding hydrogens is 400 g/mol. The summed E-state index contributed by atoms with van der Waals surface area (Å²) in [5, 5.41) is 3.94. The Balaban J connectivity index is 1.73. The number of carbonyl (C=O) groups excluding carboxylic acids is 1. The van der Waals surface area contributed by atoms with Crippen LogP contribution in [0.25, 0.3) is 0 Å². The minimum atomic E-state index is -0.235. The van der Waals surface area contributed by atoms with Crippen LogP contribution in [0.5, 0.6) is 5.75 Å². The Bertz CT molecular complexity index is 960. The third kappa shape index (κ3) is 4.43. The van der Waals surface area contributed by atoms with Crippen molar-refractivity contribution in [1.82, 2.24) is 4.90 Å². The van der Waals surface area contributed by atoms with E-state index >= 15 is 0 Å². The van der Waals surface area contributed by atoms with Gasteiger partial charge in [-0.2, -0.15) is 0 Å². The fourth-order valence-electron chi connectivity index (χ4n) is 3.71. The number of aryl methyl sites for hydroxylation is 1. The van der Waals surface area contributed by atoms with Crippen molar-refractivity contribution in [2.75, 3.05) is 38.7 Å². The Morgan fingerprint density at radius 1 is 1.23 bits per heavy atom. The molecule has 0 radical (unpaired) electrons.